The first-order chi connectivity index (χ1) is 14.7. The fraction of sp³-hybridized carbons (Fsp3) is 0.217. The lowest BCUT2D eigenvalue weighted by Crippen LogP contribution is -2.41. The van der Waals surface area contributed by atoms with Gasteiger partial charge in [-0.1, -0.05) is 18.2 Å². The van der Waals surface area contributed by atoms with Gasteiger partial charge in [0.2, 0.25) is 5.91 Å². The zero-order chi connectivity index (χ0) is 20.8. The van der Waals surface area contributed by atoms with Crippen molar-refractivity contribution in [3.05, 3.63) is 72.7 Å². The van der Waals surface area contributed by atoms with Crippen LogP contribution in [0.2, 0.25) is 0 Å². The molecule has 4 rings (SSSR count). The quantitative estimate of drug-likeness (QED) is 0.697. The van der Waals surface area contributed by atoms with Crippen LogP contribution in [0, 0.1) is 17.2 Å². The minimum Gasteiger partial charge on any atom is -0.454 e. The van der Waals surface area contributed by atoms with Crippen molar-refractivity contribution >= 4 is 17.4 Å². The highest BCUT2D eigenvalue weighted by Gasteiger charge is 2.27. The van der Waals surface area contributed by atoms with Crippen molar-refractivity contribution in [2.45, 2.75) is 12.8 Å². The molecule has 0 aliphatic carbocycles. The zero-order valence-corrected chi connectivity index (χ0v) is 16.4. The van der Waals surface area contributed by atoms with E-state index < -0.39 is 0 Å². The Morgan fingerprint density at radius 3 is 2.90 bits per heavy atom. The molecule has 1 atom stereocenters. The van der Waals surface area contributed by atoms with Gasteiger partial charge < -0.3 is 15.0 Å². The number of nitrogens with one attached hydrogen (secondary N) is 1. The number of ether oxygens (including phenoxy) is 1. The lowest BCUT2D eigenvalue weighted by atomic mass is 9.97. The molecule has 1 aliphatic rings. The number of hydrogen-bond acceptors (Lipinski definition) is 6. The molecule has 0 bridgehead atoms. The summed E-state index contributed by atoms with van der Waals surface area (Å²) in [5.74, 6) is 1.66. The Labute approximate surface area is 175 Å². The lowest BCUT2D eigenvalue weighted by molar-refractivity contribution is -0.120. The van der Waals surface area contributed by atoms with Crippen molar-refractivity contribution in [3.8, 4) is 17.6 Å². The Balaban J connectivity index is 1.46. The van der Waals surface area contributed by atoms with E-state index in [1.807, 2.05) is 42.5 Å². The highest BCUT2D eigenvalue weighted by molar-refractivity contribution is 5.94. The molecule has 0 saturated carbocycles. The molecule has 1 aromatic carbocycles. The molecule has 30 heavy (non-hydrogen) atoms. The highest BCUT2D eigenvalue weighted by Crippen LogP contribution is 2.30. The number of para-hydroxylation sites is 2. The smallest absolute Gasteiger partial charge is 0.229 e. The van der Waals surface area contributed by atoms with Gasteiger partial charge in [0.25, 0.3) is 0 Å². The van der Waals surface area contributed by atoms with E-state index >= 15 is 0 Å². The maximum atomic E-state index is 13.0. The number of piperidine rings is 1. The Morgan fingerprint density at radius 2 is 2.07 bits per heavy atom. The second-order valence-corrected chi connectivity index (χ2v) is 7.05. The van der Waals surface area contributed by atoms with Crippen LogP contribution in [0.1, 0.15) is 18.5 Å². The van der Waals surface area contributed by atoms with Crippen LogP contribution in [0.25, 0.3) is 0 Å². The third-order valence-corrected chi connectivity index (χ3v) is 4.97. The lowest BCUT2D eigenvalue weighted by Gasteiger charge is -2.33. The molecule has 0 radical (unpaired) electrons. The fourth-order valence-electron chi connectivity index (χ4n) is 3.49. The molecule has 3 heterocycles. The van der Waals surface area contributed by atoms with Crippen molar-refractivity contribution in [1.29, 1.82) is 5.26 Å². The number of carbonyl (C=O) groups is 1. The van der Waals surface area contributed by atoms with Crippen LogP contribution >= 0.6 is 0 Å². The van der Waals surface area contributed by atoms with Crippen LogP contribution in [0.15, 0.2) is 67.0 Å². The minimum atomic E-state index is -0.183. The summed E-state index contributed by atoms with van der Waals surface area (Å²) in [5.41, 5.74) is 0.994. The number of nitriles is 1. The molecule has 0 spiro atoms. The summed E-state index contributed by atoms with van der Waals surface area (Å²) in [6, 6.07) is 18.4. The number of nitrogens with zero attached hydrogens (tertiary/aromatic N) is 4. The fourth-order valence-corrected chi connectivity index (χ4v) is 3.49. The number of aromatic nitrogens is 2. The van der Waals surface area contributed by atoms with Gasteiger partial charge in [-0.3, -0.25) is 9.78 Å². The van der Waals surface area contributed by atoms with Crippen molar-refractivity contribution in [1.82, 2.24) is 9.97 Å². The van der Waals surface area contributed by atoms with Crippen LogP contribution in [0.4, 0.5) is 11.5 Å². The number of rotatable bonds is 5. The van der Waals surface area contributed by atoms with E-state index in [1.54, 1.807) is 24.5 Å². The summed E-state index contributed by atoms with van der Waals surface area (Å²) in [6.07, 6.45) is 4.98. The number of pyridine rings is 2. The second-order valence-electron chi connectivity index (χ2n) is 7.05. The van der Waals surface area contributed by atoms with Gasteiger partial charge in [-0.05, 0) is 49.2 Å². The monoisotopic (exact) mass is 399 g/mol. The van der Waals surface area contributed by atoms with E-state index in [9.17, 15) is 4.79 Å². The van der Waals surface area contributed by atoms with Crippen molar-refractivity contribution in [2.24, 2.45) is 5.92 Å². The molecule has 1 saturated heterocycles. The molecular formula is C23H21N5O2. The topological polar surface area (TPSA) is 91.1 Å². The molecule has 7 nitrogen and oxygen atoms in total. The average Bonchev–Trinajstić information content (AvgIpc) is 2.81. The van der Waals surface area contributed by atoms with Crippen molar-refractivity contribution in [2.75, 3.05) is 23.3 Å². The van der Waals surface area contributed by atoms with Crippen molar-refractivity contribution < 1.29 is 9.53 Å². The molecule has 150 valence electrons. The predicted molar refractivity (Wildman–Crippen MR) is 113 cm³/mol. The van der Waals surface area contributed by atoms with Gasteiger partial charge in [-0.25, -0.2) is 4.98 Å². The molecule has 7 heteroatoms. The van der Waals surface area contributed by atoms with Crippen molar-refractivity contribution in [3.63, 3.8) is 0 Å². The zero-order valence-electron chi connectivity index (χ0n) is 16.4. The second kappa shape index (κ2) is 9.05. The van der Waals surface area contributed by atoms with Gasteiger partial charge in [0, 0.05) is 19.3 Å². The normalized spacial score (nSPS) is 15.8. The third kappa shape index (κ3) is 4.55. The molecule has 1 fully saturated rings. The van der Waals surface area contributed by atoms with Crippen LogP contribution in [-0.2, 0) is 4.79 Å². The maximum Gasteiger partial charge on any atom is 0.229 e. The van der Waals surface area contributed by atoms with Gasteiger partial charge >= 0.3 is 0 Å². The Hall–Kier alpha value is -3.92. The summed E-state index contributed by atoms with van der Waals surface area (Å²) in [5, 5.41) is 12.1. The van der Waals surface area contributed by atoms with Gasteiger partial charge in [0.05, 0.1) is 17.8 Å². The summed E-state index contributed by atoms with van der Waals surface area (Å²) >= 11 is 0. The average molecular weight is 399 g/mol. The summed E-state index contributed by atoms with van der Waals surface area (Å²) in [4.78, 5) is 23.5. The number of hydrogen-bond donors (Lipinski definition) is 1. The maximum absolute atomic E-state index is 13.0. The van der Waals surface area contributed by atoms with Crippen LogP contribution in [0.5, 0.6) is 11.5 Å². The molecular weight excluding hydrogens is 378 g/mol. The molecule has 1 unspecified atom stereocenters. The third-order valence-electron chi connectivity index (χ3n) is 4.97. The SMILES string of the molecule is N#Cc1cccc(N2CCCC(C(=O)Nc3ccccc3Oc3cccnc3)C2)n1. The van der Waals surface area contributed by atoms with Crippen LogP contribution < -0.4 is 15.0 Å². The first-order valence-electron chi connectivity index (χ1n) is 9.83. The molecule has 3 aromatic rings. The van der Waals surface area contributed by atoms with Gasteiger partial charge in [-0.2, -0.15) is 5.26 Å². The first-order valence-corrected chi connectivity index (χ1v) is 9.83. The Morgan fingerprint density at radius 1 is 1.17 bits per heavy atom. The standard InChI is InChI=1S/C23H21N5O2/c24-14-18-7-3-11-22(26-18)28-13-5-6-17(16-28)23(29)27-20-9-1-2-10-21(20)30-19-8-4-12-25-15-19/h1-4,7-12,15,17H,5-6,13,16H2,(H,27,29). The number of carbonyl (C=O) groups excluding carboxylic acids is 1. The van der Waals surface area contributed by atoms with E-state index in [0.29, 0.717) is 29.4 Å². The van der Waals surface area contributed by atoms with E-state index in [0.717, 1.165) is 25.2 Å². The first kappa shape index (κ1) is 19.4. The Bertz CT molecular complexity index is 1060. The predicted octanol–water partition coefficient (Wildman–Crippen LogP) is 4.00. The number of anilines is 2. The summed E-state index contributed by atoms with van der Waals surface area (Å²) in [7, 11) is 0. The van der Waals surface area contributed by atoms with E-state index in [4.69, 9.17) is 10.00 Å². The van der Waals surface area contributed by atoms with E-state index in [1.165, 1.54) is 0 Å². The minimum absolute atomic E-state index is 0.0571. The van der Waals surface area contributed by atoms with Crippen LogP contribution in [-0.4, -0.2) is 29.0 Å². The van der Waals surface area contributed by atoms with Crippen LogP contribution in [0.3, 0.4) is 0 Å². The summed E-state index contributed by atoms with van der Waals surface area (Å²) < 4.78 is 5.89. The van der Waals surface area contributed by atoms with Gasteiger partial charge in [0.15, 0.2) is 5.75 Å². The Kier molecular flexibility index (Phi) is 5.85. The molecule has 1 N–H and O–H groups in total. The van der Waals surface area contributed by atoms with Gasteiger partial charge in [0.1, 0.15) is 23.3 Å². The largest absolute Gasteiger partial charge is 0.454 e. The number of benzene rings is 1. The molecule has 1 aliphatic heterocycles. The highest BCUT2D eigenvalue weighted by atomic mass is 16.5. The van der Waals surface area contributed by atoms with E-state index in [2.05, 4.69) is 26.3 Å². The molecule has 2 aromatic heterocycles. The van der Waals surface area contributed by atoms with E-state index in [-0.39, 0.29) is 11.8 Å². The van der Waals surface area contributed by atoms with Gasteiger partial charge in [-0.15, -0.1) is 0 Å². The summed E-state index contributed by atoms with van der Waals surface area (Å²) in [6.45, 7) is 1.37. The number of amides is 1. The molecule has 1 amide bonds.